The zero-order chi connectivity index (χ0) is 24.4. The molecule has 180 valence electrons. The number of pyridine rings is 1. The van der Waals surface area contributed by atoms with Gasteiger partial charge in [-0.1, -0.05) is 24.3 Å². The maximum absolute atomic E-state index is 13.6. The van der Waals surface area contributed by atoms with Gasteiger partial charge in [-0.3, -0.25) is 4.79 Å². The topological polar surface area (TPSA) is 92.2 Å². The number of likely N-dealkylation sites (tertiary alicyclic amines) is 1. The number of nitrogens with one attached hydrogen (secondary N) is 2. The lowest BCUT2D eigenvalue weighted by atomic mass is 10.0. The number of para-hydroxylation sites is 1. The Kier molecular flexibility index (Phi) is 6.50. The van der Waals surface area contributed by atoms with Crippen LogP contribution in [-0.4, -0.2) is 50.7 Å². The van der Waals surface area contributed by atoms with Gasteiger partial charge >= 0.3 is 6.03 Å². The quantitative estimate of drug-likeness (QED) is 0.406. The summed E-state index contributed by atoms with van der Waals surface area (Å²) in [6.07, 6.45) is 3.15. The van der Waals surface area contributed by atoms with E-state index in [2.05, 4.69) is 29.6 Å². The Morgan fingerprint density at radius 3 is 2.54 bits per heavy atom. The first-order valence-corrected chi connectivity index (χ1v) is 12.7. The van der Waals surface area contributed by atoms with E-state index in [1.165, 1.54) is 0 Å². The van der Waals surface area contributed by atoms with E-state index >= 15 is 0 Å². The van der Waals surface area contributed by atoms with E-state index in [-0.39, 0.29) is 24.0 Å². The first-order chi connectivity index (χ1) is 17.0. The number of thiophene rings is 1. The molecule has 1 aromatic carbocycles. The number of aromatic nitrogens is 3. The minimum Gasteiger partial charge on any atom is -0.338 e. The van der Waals surface area contributed by atoms with Crippen LogP contribution >= 0.6 is 11.3 Å². The van der Waals surface area contributed by atoms with Crippen LogP contribution in [0, 0.1) is 0 Å². The lowest BCUT2D eigenvalue weighted by Crippen LogP contribution is -2.47. The number of fused-ring (bicyclic) bond motifs is 1. The molecule has 2 N–H and O–H groups in total. The van der Waals surface area contributed by atoms with Crippen LogP contribution in [0.2, 0.25) is 0 Å². The number of benzene rings is 1. The summed E-state index contributed by atoms with van der Waals surface area (Å²) in [5.41, 5.74) is 2.89. The number of rotatable bonds is 5. The van der Waals surface area contributed by atoms with Gasteiger partial charge in [0.2, 0.25) is 0 Å². The molecule has 0 atom stereocenters. The van der Waals surface area contributed by atoms with Crippen LogP contribution in [0.3, 0.4) is 0 Å². The fourth-order valence-electron chi connectivity index (χ4n) is 4.39. The zero-order valence-corrected chi connectivity index (χ0v) is 20.6. The van der Waals surface area contributed by atoms with Gasteiger partial charge in [0.15, 0.2) is 5.65 Å². The predicted octanol–water partition coefficient (Wildman–Crippen LogP) is 5.17. The van der Waals surface area contributed by atoms with Crippen molar-refractivity contribution in [3.8, 4) is 10.6 Å². The van der Waals surface area contributed by atoms with Crippen LogP contribution in [0.15, 0.2) is 60.1 Å². The molecule has 0 aliphatic carbocycles. The summed E-state index contributed by atoms with van der Waals surface area (Å²) >= 11 is 1.60. The highest BCUT2D eigenvalue weighted by molar-refractivity contribution is 7.13. The normalized spacial score (nSPS) is 14.4. The van der Waals surface area contributed by atoms with Gasteiger partial charge in [0.1, 0.15) is 0 Å². The van der Waals surface area contributed by atoms with E-state index in [1.54, 1.807) is 17.5 Å². The number of anilines is 1. The largest absolute Gasteiger partial charge is 0.338 e. The highest BCUT2D eigenvalue weighted by Gasteiger charge is 2.27. The Balaban J connectivity index is 1.31. The molecular weight excluding hydrogens is 460 g/mol. The van der Waals surface area contributed by atoms with Crippen LogP contribution in [0.25, 0.3) is 21.6 Å². The van der Waals surface area contributed by atoms with E-state index < -0.39 is 0 Å². The Labute approximate surface area is 208 Å². The van der Waals surface area contributed by atoms with Crippen molar-refractivity contribution in [1.29, 1.82) is 0 Å². The molecule has 1 aliphatic heterocycles. The molecule has 1 fully saturated rings. The SMILES string of the molecule is CC(C)n1ncc2c(C(=O)N3CCC(NC(=O)Nc4ccccc4)CC3)cc(-c3cccs3)nc21. The van der Waals surface area contributed by atoms with E-state index in [9.17, 15) is 9.59 Å². The first kappa shape index (κ1) is 23.0. The average Bonchev–Trinajstić information content (AvgIpc) is 3.54. The third kappa shape index (κ3) is 4.90. The second kappa shape index (κ2) is 9.87. The van der Waals surface area contributed by atoms with Crippen molar-refractivity contribution in [2.24, 2.45) is 0 Å². The molecule has 0 bridgehead atoms. The molecule has 35 heavy (non-hydrogen) atoms. The number of nitrogens with zero attached hydrogens (tertiary/aromatic N) is 4. The third-order valence-corrected chi connectivity index (χ3v) is 7.10. The summed E-state index contributed by atoms with van der Waals surface area (Å²) in [6.45, 7) is 5.26. The Morgan fingerprint density at radius 1 is 1.09 bits per heavy atom. The fourth-order valence-corrected chi connectivity index (χ4v) is 5.08. The van der Waals surface area contributed by atoms with Gasteiger partial charge in [-0.25, -0.2) is 14.5 Å². The van der Waals surface area contributed by atoms with Crippen molar-refractivity contribution in [1.82, 2.24) is 25.0 Å². The molecule has 0 saturated carbocycles. The Bertz CT molecular complexity index is 1320. The maximum Gasteiger partial charge on any atom is 0.319 e. The zero-order valence-electron chi connectivity index (χ0n) is 19.8. The minimum absolute atomic E-state index is 0.0191. The number of piperidine rings is 1. The molecule has 0 spiro atoms. The second-order valence-corrected chi connectivity index (χ2v) is 9.93. The number of carbonyl (C=O) groups is 2. The molecule has 8 nitrogen and oxygen atoms in total. The minimum atomic E-state index is -0.224. The van der Waals surface area contributed by atoms with Gasteiger partial charge in [-0.2, -0.15) is 5.10 Å². The van der Waals surface area contributed by atoms with Crippen molar-refractivity contribution in [2.75, 3.05) is 18.4 Å². The lowest BCUT2D eigenvalue weighted by Gasteiger charge is -2.32. The lowest BCUT2D eigenvalue weighted by molar-refractivity contribution is 0.0711. The van der Waals surface area contributed by atoms with Crippen LogP contribution in [0.1, 0.15) is 43.1 Å². The smallest absolute Gasteiger partial charge is 0.319 e. The van der Waals surface area contributed by atoms with Crippen LogP contribution in [0.4, 0.5) is 10.5 Å². The summed E-state index contributed by atoms with van der Waals surface area (Å²) in [7, 11) is 0. The molecule has 5 rings (SSSR count). The molecular formula is C26H28N6O2S. The molecule has 9 heteroatoms. The molecule has 3 aromatic heterocycles. The molecule has 1 aliphatic rings. The first-order valence-electron chi connectivity index (χ1n) is 11.8. The summed E-state index contributed by atoms with van der Waals surface area (Å²) in [6, 6.07) is 15.2. The summed E-state index contributed by atoms with van der Waals surface area (Å²) in [5.74, 6) is -0.0225. The van der Waals surface area contributed by atoms with Crippen molar-refractivity contribution < 1.29 is 9.59 Å². The van der Waals surface area contributed by atoms with Crippen molar-refractivity contribution in [3.63, 3.8) is 0 Å². The fraction of sp³-hybridized carbons (Fsp3) is 0.308. The number of hydrogen-bond acceptors (Lipinski definition) is 5. The van der Waals surface area contributed by atoms with E-state index in [4.69, 9.17) is 4.98 Å². The molecule has 0 radical (unpaired) electrons. The highest BCUT2D eigenvalue weighted by Crippen LogP contribution is 2.30. The molecule has 3 amide bonds. The number of carbonyl (C=O) groups excluding carboxylic acids is 2. The Hall–Kier alpha value is -3.72. The van der Waals surface area contributed by atoms with Gasteiger partial charge in [-0.15, -0.1) is 11.3 Å². The van der Waals surface area contributed by atoms with E-state index in [0.717, 1.165) is 27.3 Å². The monoisotopic (exact) mass is 488 g/mol. The van der Waals surface area contributed by atoms with Crippen LogP contribution in [-0.2, 0) is 0 Å². The van der Waals surface area contributed by atoms with Gasteiger partial charge < -0.3 is 15.5 Å². The highest BCUT2D eigenvalue weighted by atomic mass is 32.1. The van der Waals surface area contributed by atoms with Crippen LogP contribution < -0.4 is 10.6 Å². The molecule has 4 heterocycles. The second-order valence-electron chi connectivity index (χ2n) is 8.98. The number of amides is 3. The van der Waals surface area contributed by atoms with Crippen molar-refractivity contribution >= 4 is 40.0 Å². The van der Waals surface area contributed by atoms with Crippen molar-refractivity contribution in [2.45, 2.75) is 38.8 Å². The summed E-state index contributed by atoms with van der Waals surface area (Å²) < 4.78 is 1.87. The van der Waals surface area contributed by atoms with Crippen LogP contribution in [0.5, 0.6) is 0 Å². The summed E-state index contributed by atoms with van der Waals surface area (Å²) in [4.78, 5) is 33.7. The molecule has 4 aromatic rings. The number of urea groups is 1. The molecule has 1 saturated heterocycles. The standard InChI is InChI=1S/C26H28N6O2S/c1-17(2)32-24-21(16-27-32)20(15-22(30-24)23-9-6-14-35-23)25(33)31-12-10-19(11-13-31)29-26(34)28-18-7-4-3-5-8-18/h3-9,14-17,19H,10-13H2,1-2H3,(H2,28,29,34). The average molecular weight is 489 g/mol. The third-order valence-electron chi connectivity index (χ3n) is 6.21. The van der Waals surface area contributed by atoms with Gasteiger partial charge in [0.05, 0.1) is 27.7 Å². The van der Waals surface area contributed by atoms with E-state index in [0.29, 0.717) is 31.5 Å². The van der Waals surface area contributed by atoms with Gasteiger partial charge in [0.25, 0.3) is 5.91 Å². The maximum atomic E-state index is 13.6. The molecule has 0 unspecified atom stereocenters. The van der Waals surface area contributed by atoms with Crippen molar-refractivity contribution in [3.05, 3.63) is 65.7 Å². The number of hydrogen-bond donors (Lipinski definition) is 2. The predicted molar refractivity (Wildman–Crippen MR) is 139 cm³/mol. The van der Waals surface area contributed by atoms with Gasteiger partial charge in [-0.05, 0) is 56.3 Å². The van der Waals surface area contributed by atoms with E-state index in [1.807, 2.05) is 63.5 Å². The Morgan fingerprint density at radius 2 is 1.86 bits per heavy atom. The van der Waals surface area contributed by atoms with Gasteiger partial charge in [0, 0.05) is 30.9 Å². The summed E-state index contributed by atoms with van der Waals surface area (Å²) in [5, 5.41) is 13.2.